The number of thiophene rings is 1. The highest BCUT2D eigenvalue weighted by molar-refractivity contribution is 9.10. The zero-order chi connectivity index (χ0) is 18.9. The molecule has 1 aromatic carbocycles. The summed E-state index contributed by atoms with van der Waals surface area (Å²) < 4.78 is 1.06. The lowest BCUT2D eigenvalue weighted by Gasteiger charge is -2.15. The Balaban J connectivity index is 1.98. The maximum atomic E-state index is 11.9. The fraction of sp³-hybridized carbons (Fsp3) is 0.368. The fourth-order valence-corrected chi connectivity index (χ4v) is 3.44. The van der Waals surface area contributed by atoms with Gasteiger partial charge in [-0.2, -0.15) is 0 Å². The van der Waals surface area contributed by atoms with Gasteiger partial charge in [0.05, 0.1) is 13.1 Å². The first-order chi connectivity index (χ1) is 12.5. The first-order valence-corrected chi connectivity index (χ1v) is 10.1. The summed E-state index contributed by atoms with van der Waals surface area (Å²) in [7, 11) is 3.49. The number of carbonyl (C=O) groups is 1. The Labute approximate surface area is 167 Å². The Bertz CT molecular complexity index is 744. The molecule has 0 aliphatic carbocycles. The van der Waals surface area contributed by atoms with Crippen LogP contribution in [0.15, 0.2) is 45.2 Å². The van der Waals surface area contributed by atoms with Crippen molar-refractivity contribution in [1.29, 1.82) is 0 Å². The smallest absolute Gasteiger partial charge is 0.241 e. The Kier molecular flexibility index (Phi) is 8.12. The molecule has 0 atom stereocenters. The molecule has 140 valence electrons. The van der Waals surface area contributed by atoms with Crippen LogP contribution in [0.5, 0.6) is 0 Å². The molecule has 2 rings (SSSR count). The largest absolute Gasteiger partial charge is 0.356 e. The molecule has 0 bridgehead atoms. The summed E-state index contributed by atoms with van der Waals surface area (Å²) in [5, 5.41) is 8.52. The summed E-state index contributed by atoms with van der Waals surface area (Å²) in [5.41, 5.74) is 2.34. The topological polar surface area (TPSA) is 56.7 Å². The van der Waals surface area contributed by atoms with Crippen molar-refractivity contribution in [3.8, 4) is 0 Å². The van der Waals surface area contributed by atoms with Crippen molar-refractivity contribution < 1.29 is 4.79 Å². The molecule has 0 unspecified atom stereocenters. The third-order valence-corrected chi connectivity index (χ3v) is 5.29. The van der Waals surface area contributed by atoms with E-state index in [1.54, 1.807) is 30.3 Å². The maximum Gasteiger partial charge on any atom is 0.241 e. The van der Waals surface area contributed by atoms with Crippen molar-refractivity contribution >= 4 is 39.1 Å². The molecule has 7 heteroatoms. The van der Waals surface area contributed by atoms with Gasteiger partial charge in [-0.05, 0) is 48.1 Å². The van der Waals surface area contributed by atoms with Crippen molar-refractivity contribution in [2.45, 2.75) is 19.9 Å². The minimum absolute atomic E-state index is 0.0116. The molecular formula is C19H25BrN4OS. The monoisotopic (exact) mass is 436 g/mol. The van der Waals surface area contributed by atoms with E-state index in [1.165, 1.54) is 10.4 Å². The van der Waals surface area contributed by atoms with Crippen LogP contribution in [-0.2, 0) is 17.8 Å². The van der Waals surface area contributed by atoms with Gasteiger partial charge in [0, 0.05) is 30.0 Å². The molecule has 0 fully saturated rings. The van der Waals surface area contributed by atoms with Gasteiger partial charge in [0.25, 0.3) is 0 Å². The standard InChI is InChI=1S/C19H25BrN4OS/c1-14-11-16(20)7-6-15(14)12-22-19(23-13-18(25)24(2)3)21-9-8-17-5-4-10-26-17/h4-7,10-11H,8-9,12-13H2,1-3H3,(H2,21,22,23). The lowest BCUT2D eigenvalue weighted by atomic mass is 10.1. The van der Waals surface area contributed by atoms with E-state index < -0.39 is 0 Å². The minimum atomic E-state index is 0.0116. The van der Waals surface area contributed by atoms with E-state index in [4.69, 9.17) is 0 Å². The number of rotatable bonds is 7. The molecule has 2 aromatic rings. The van der Waals surface area contributed by atoms with Gasteiger partial charge >= 0.3 is 0 Å². The van der Waals surface area contributed by atoms with E-state index >= 15 is 0 Å². The Morgan fingerprint density at radius 3 is 2.73 bits per heavy atom. The summed E-state index contributed by atoms with van der Waals surface area (Å²) in [4.78, 5) is 19.4. The zero-order valence-electron chi connectivity index (χ0n) is 15.4. The number of aliphatic imine (C=N–C) groups is 1. The van der Waals surface area contributed by atoms with Gasteiger partial charge in [-0.3, -0.25) is 4.79 Å². The number of amides is 1. The molecule has 0 aliphatic heterocycles. The van der Waals surface area contributed by atoms with Gasteiger partial charge in [-0.15, -0.1) is 11.3 Å². The number of aryl methyl sites for hydroxylation is 1. The normalized spacial score (nSPS) is 11.3. The predicted molar refractivity (Wildman–Crippen MR) is 113 cm³/mol. The molecule has 0 aliphatic rings. The summed E-state index contributed by atoms with van der Waals surface area (Å²) >= 11 is 5.23. The van der Waals surface area contributed by atoms with Crippen LogP contribution in [0.4, 0.5) is 0 Å². The van der Waals surface area contributed by atoms with Gasteiger partial charge in [0.2, 0.25) is 5.91 Å². The first-order valence-electron chi connectivity index (χ1n) is 8.45. The first kappa shape index (κ1) is 20.5. The van der Waals surface area contributed by atoms with Crippen molar-refractivity contribution in [1.82, 2.24) is 15.5 Å². The molecule has 0 saturated carbocycles. The molecule has 0 spiro atoms. The van der Waals surface area contributed by atoms with Gasteiger partial charge in [-0.1, -0.05) is 28.1 Å². The van der Waals surface area contributed by atoms with Crippen molar-refractivity contribution in [3.05, 3.63) is 56.2 Å². The molecule has 0 radical (unpaired) electrons. The number of benzene rings is 1. The van der Waals surface area contributed by atoms with Crippen molar-refractivity contribution in [2.24, 2.45) is 4.99 Å². The lowest BCUT2D eigenvalue weighted by Crippen LogP contribution is -2.43. The van der Waals surface area contributed by atoms with E-state index in [9.17, 15) is 4.79 Å². The Morgan fingerprint density at radius 1 is 1.27 bits per heavy atom. The van der Waals surface area contributed by atoms with Crippen LogP contribution < -0.4 is 10.6 Å². The van der Waals surface area contributed by atoms with Crippen LogP contribution in [-0.4, -0.2) is 44.0 Å². The number of carbonyl (C=O) groups excluding carboxylic acids is 1. The van der Waals surface area contributed by atoms with E-state index in [0.29, 0.717) is 12.5 Å². The van der Waals surface area contributed by atoms with Crippen molar-refractivity contribution in [3.63, 3.8) is 0 Å². The second-order valence-corrected chi connectivity index (χ2v) is 8.08. The van der Waals surface area contributed by atoms with Gasteiger partial charge < -0.3 is 15.5 Å². The highest BCUT2D eigenvalue weighted by Crippen LogP contribution is 2.16. The van der Waals surface area contributed by atoms with Gasteiger partial charge in [0.1, 0.15) is 0 Å². The minimum Gasteiger partial charge on any atom is -0.356 e. The van der Waals surface area contributed by atoms with Gasteiger partial charge in [0.15, 0.2) is 5.96 Å². The highest BCUT2D eigenvalue weighted by Gasteiger charge is 2.06. The fourth-order valence-electron chi connectivity index (χ4n) is 2.25. The summed E-state index contributed by atoms with van der Waals surface area (Å²) in [6, 6.07) is 10.3. The predicted octanol–water partition coefficient (Wildman–Crippen LogP) is 3.19. The third kappa shape index (κ3) is 6.80. The number of hydrogen-bond donors (Lipinski definition) is 2. The second kappa shape index (κ2) is 10.3. The van der Waals surface area contributed by atoms with E-state index in [0.717, 1.165) is 23.0 Å². The van der Waals surface area contributed by atoms with Crippen LogP contribution in [0.3, 0.4) is 0 Å². The van der Waals surface area contributed by atoms with Crippen molar-refractivity contribution in [2.75, 3.05) is 27.2 Å². The van der Waals surface area contributed by atoms with Gasteiger partial charge in [-0.25, -0.2) is 4.99 Å². The lowest BCUT2D eigenvalue weighted by molar-refractivity contribution is -0.127. The Morgan fingerprint density at radius 2 is 2.08 bits per heavy atom. The molecule has 2 N–H and O–H groups in total. The number of halogens is 1. The molecule has 0 saturated heterocycles. The van der Waals surface area contributed by atoms with Crippen LogP contribution >= 0.6 is 27.3 Å². The third-order valence-electron chi connectivity index (χ3n) is 3.86. The van der Waals surface area contributed by atoms with Crippen LogP contribution in [0.1, 0.15) is 16.0 Å². The molecule has 1 heterocycles. The SMILES string of the molecule is Cc1cc(Br)ccc1CN=C(NCCc1cccs1)NCC(=O)N(C)C. The van der Waals surface area contributed by atoms with Crippen LogP contribution in [0, 0.1) is 6.92 Å². The molecule has 1 aromatic heterocycles. The quantitative estimate of drug-likeness (QED) is 0.517. The molecule has 26 heavy (non-hydrogen) atoms. The molecule has 1 amide bonds. The highest BCUT2D eigenvalue weighted by atomic mass is 79.9. The number of nitrogens with zero attached hydrogens (tertiary/aromatic N) is 2. The average Bonchev–Trinajstić information content (AvgIpc) is 3.11. The Hall–Kier alpha value is -1.86. The summed E-state index contributed by atoms with van der Waals surface area (Å²) in [5.74, 6) is 0.664. The van der Waals surface area contributed by atoms with E-state index in [-0.39, 0.29) is 12.5 Å². The summed E-state index contributed by atoms with van der Waals surface area (Å²) in [6.07, 6.45) is 0.928. The van der Waals surface area contributed by atoms with Crippen LogP contribution in [0.2, 0.25) is 0 Å². The maximum absolute atomic E-state index is 11.9. The molecular weight excluding hydrogens is 412 g/mol. The zero-order valence-corrected chi connectivity index (χ0v) is 17.8. The van der Waals surface area contributed by atoms with Crippen LogP contribution in [0.25, 0.3) is 0 Å². The number of nitrogens with one attached hydrogen (secondary N) is 2. The number of guanidine groups is 1. The number of likely N-dealkylation sites (N-methyl/N-ethyl adjacent to an activating group) is 1. The number of hydrogen-bond acceptors (Lipinski definition) is 3. The van der Waals surface area contributed by atoms with E-state index in [1.807, 2.05) is 6.07 Å². The average molecular weight is 437 g/mol. The second-order valence-electron chi connectivity index (χ2n) is 6.13. The molecule has 5 nitrogen and oxygen atoms in total. The van der Waals surface area contributed by atoms with E-state index in [2.05, 4.69) is 68.1 Å². The summed E-state index contributed by atoms with van der Waals surface area (Å²) in [6.45, 7) is 3.62.